The molecule has 3 rings (SSSR count). The second-order valence-electron chi connectivity index (χ2n) is 6.73. The molecule has 0 aromatic heterocycles. The summed E-state index contributed by atoms with van der Waals surface area (Å²) in [6, 6.07) is 4.40. The van der Waals surface area contributed by atoms with Gasteiger partial charge in [0.05, 0.1) is 16.6 Å². The molecule has 2 aliphatic heterocycles. The zero-order valence-electron chi connectivity index (χ0n) is 15.4. The number of hydrogen-bond acceptors (Lipinski definition) is 4. The monoisotopic (exact) mass is 395 g/mol. The average molecular weight is 395 g/mol. The molecule has 4 nitrogen and oxygen atoms in total. The van der Waals surface area contributed by atoms with Gasteiger partial charge in [0.25, 0.3) is 5.91 Å². The number of allylic oxidation sites excluding steroid dienone is 1. The van der Waals surface area contributed by atoms with Gasteiger partial charge in [-0.15, -0.1) is 0 Å². The second-order valence-corrected chi connectivity index (χ2v) is 7.96. The van der Waals surface area contributed by atoms with Crippen LogP contribution < -0.4 is 5.32 Å². The Hall–Kier alpha value is -1.93. The van der Waals surface area contributed by atoms with Crippen molar-refractivity contribution in [3.05, 3.63) is 45.9 Å². The number of carbonyl (C=O) groups is 1. The number of amides is 1. The highest BCUT2D eigenvalue weighted by atomic mass is 32.2. The Bertz CT molecular complexity index is 873. The second kappa shape index (κ2) is 7.24. The van der Waals surface area contributed by atoms with Crippen molar-refractivity contribution in [3.8, 4) is 0 Å². The van der Waals surface area contributed by atoms with E-state index in [1.165, 1.54) is 23.9 Å². The number of amidine groups is 1. The summed E-state index contributed by atoms with van der Waals surface area (Å²) in [6.07, 6.45) is -4.43. The third kappa shape index (κ3) is 3.87. The van der Waals surface area contributed by atoms with Crippen molar-refractivity contribution in [2.75, 3.05) is 0 Å². The summed E-state index contributed by atoms with van der Waals surface area (Å²) >= 11 is 1.45. The van der Waals surface area contributed by atoms with Crippen molar-refractivity contribution in [2.45, 2.75) is 46.0 Å². The summed E-state index contributed by atoms with van der Waals surface area (Å²) in [4.78, 5) is 22.0. The van der Waals surface area contributed by atoms with E-state index < -0.39 is 29.7 Å². The van der Waals surface area contributed by atoms with Gasteiger partial charge in [0, 0.05) is 6.04 Å². The lowest BCUT2D eigenvalue weighted by atomic mass is 9.99. The maximum atomic E-state index is 13.2. The molecule has 0 fully saturated rings. The predicted molar refractivity (Wildman–Crippen MR) is 102 cm³/mol. The van der Waals surface area contributed by atoms with Crippen LogP contribution >= 0.6 is 11.8 Å². The molecule has 1 amide bonds. The minimum absolute atomic E-state index is 0.147. The minimum Gasteiger partial charge on any atom is -0.301 e. The lowest BCUT2D eigenvalue weighted by Crippen LogP contribution is -2.39. The standard InChI is InChI=1S/C19H20F3N3OS/c1-9-12(4)27-18-15(9)17(26)24-16(25-18)11(3)23-10(2)13-7-5-6-8-14(13)19(20,21)22/h5-8,10-11,15,23H,1-4H3. The zero-order valence-corrected chi connectivity index (χ0v) is 16.2. The Morgan fingerprint density at radius 1 is 1.11 bits per heavy atom. The van der Waals surface area contributed by atoms with Gasteiger partial charge < -0.3 is 5.32 Å². The van der Waals surface area contributed by atoms with E-state index in [4.69, 9.17) is 0 Å². The molecular formula is C19H20F3N3OS. The highest BCUT2D eigenvalue weighted by Crippen LogP contribution is 2.40. The van der Waals surface area contributed by atoms with Crippen LogP contribution in [0.15, 0.2) is 44.7 Å². The first-order valence-corrected chi connectivity index (χ1v) is 9.39. The van der Waals surface area contributed by atoms with Crippen molar-refractivity contribution in [2.24, 2.45) is 15.9 Å². The third-order valence-electron chi connectivity index (χ3n) is 4.81. The molecule has 0 aliphatic carbocycles. The van der Waals surface area contributed by atoms with Crippen LogP contribution in [0.3, 0.4) is 0 Å². The van der Waals surface area contributed by atoms with Crippen LogP contribution in [0.5, 0.6) is 0 Å². The van der Waals surface area contributed by atoms with Gasteiger partial charge in [-0.25, -0.2) is 4.99 Å². The first kappa shape index (κ1) is 19.8. The number of aliphatic imine (C=N–C) groups is 2. The zero-order chi connectivity index (χ0) is 19.9. The third-order valence-corrected chi connectivity index (χ3v) is 5.97. The summed E-state index contributed by atoms with van der Waals surface area (Å²) in [5.74, 6) is -0.374. The van der Waals surface area contributed by atoms with Crippen molar-refractivity contribution in [1.29, 1.82) is 0 Å². The molecule has 1 aromatic rings. The van der Waals surface area contributed by atoms with E-state index in [0.717, 1.165) is 16.5 Å². The number of rotatable bonds is 4. The summed E-state index contributed by atoms with van der Waals surface area (Å²) in [5.41, 5.74) is 0.431. The van der Waals surface area contributed by atoms with Crippen LogP contribution in [0.2, 0.25) is 0 Å². The largest absolute Gasteiger partial charge is 0.416 e. The fourth-order valence-corrected chi connectivity index (χ4v) is 4.37. The molecule has 0 saturated heterocycles. The van der Waals surface area contributed by atoms with Crippen LogP contribution in [0.25, 0.3) is 0 Å². The predicted octanol–water partition coefficient (Wildman–Crippen LogP) is 4.74. The molecule has 2 heterocycles. The fraction of sp³-hybridized carbons (Fsp3) is 0.421. The van der Waals surface area contributed by atoms with Crippen molar-refractivity contribution in [3.63, 3.8) is 0 Å². The molecular weight excluding hydrogens is 375 g/mol. The van der Waals surface area contributed by atoms with E-state index in [-0.39, 0.29) is 11.5 Å². The van der Waals surface area contributed by atoms with Crippen molar-refractivity contribution in [1.82, 2.24) is 5.32 Å². The van der Waals surface area contributed by atoms with Gasteiger partial charge in [0.1, 0.15) is 11.8 Å². The molecule has 144 valence electrons. The topological polar surface area (TPSA) is 53.8 Å². The van der Waals surface area contributed by atoms with E-state index in [0.29, 0.717) is 10.9 Å². The molecule has 1 aromatic carbocycles. The normalized spacial score (nSPS) is 22.3. The highest BCUT2D eigenvalue weighted by molar-refractivity contribution is 8.17. The maximum Gasteiger partial charge on any atom is 0.416 e. The van der Waals surface area contributed by atoms with Gasteiger partial charge in [-0.05, 0) is 49.8 Å². The molecule has 0 radical (unpaired) electrons. The number of hydrogen-bond donors (Lipinski definition) is 1. The molecule has 3 atom stereocenters. The first-order valence-electron chi connectivity index (χ1n) is 8.58. The Morgan fingerprint density at radius 3 is 2.44 bits per heavy atom. The number of carbonyl (C=O) groups excluding carboxylic acids is 1. The Labute approximate surface area is 160 Å². The summed E-state index contributed by atoms with van der Waals surface area (Å²) in [7, 11) is 0. The quantitative estimate of drug-likeness (QED) is 0.801. The van der Waals surface area contributed by atoms with Crippen LogP contribution in [0, 0.1) is 5.92 Å². The highest BCUT2D eigenvalue weighted by Gasteiger charge is 2.38. The van der Waals surface area contributed by atoms with Gasteiger partial charge in [0.2, 0.25) is 0 Å². The minimum atomic E-state index is -4.43. The number of nitrogens with zero attached hydrogens (tertiary/aromatic N) is 2. The summed E-state index contributed by atoms with van der Waals surface area (Å²) in [5, 5.41) is 3.78. The van der Waals surface area contributed by atoms with Gasteiger partial charge in [-0.3, -0.25) is 4.79 Å². The number of halogens is 3. The number of benzene rings is 1. The average Bonchev–Trinajstić information content (AvgIpc) is 2.88. The molecule has 3 unspecified atom stereocenters. The molecule has 1 N–H and O–H groups in total. The maximum absolute atomic E-state index is 13.2. The number of alkyl halides is 3. The van der Waals surface area contributed by atoms with E-state index >= 15 is 0 Å². The number of nitrogens with one attached hydrogen (secondary N) is 1. The Balaban J connectivity index is 1.79. The van der Waals surface area contributed by atoms with Crippen LogP contribution in [0.4, 0.5) is 13.2 Å². The lowest BCUT2D eigenvalue weighted by molar-refractivity contribution is -0.138. The molecule has 0 spiro atoms. The van der Waals surface area contributed by atoms with Gasteiger partial charge >= 0.3 is 6.18 Å². The van der Waals surface area contributed by atoms with Gasteiger partial charge in [0.15, 0.2) is 0 Å². The Morgan fingerprint density at radius 2 is 1.78 bits per heavy atom. The van der Waals surface area contributed by atoms with Crippen molar-refractivity contribution >= 4 is 28.5 Å². The molecule has 0 saturated carbocycles. The lowest BCUT2D eigenvalue weighted by Gasteiger charge is -2.24. The summed E-state index contributed by atoms with van der Waals surface area (Å²) < 4.78 is 39.7. The van der Waals surface area contributed by atoms with E-state index in [2.05, 4.69) is 15.3 Å². The fourth-order valence-electron chi connectivity index (χ4n) is 3.24. The SMILES string of the molecule is CC1=C(C)C2C(=O)N=C(C(C)NC(C)c3ccccc3C(F)(F)F)N=C2S1. The van der Waals surface area contributed by atoms with Gasteiger partial charge in [-0.2, -0.15) is 18.2 Å². The smallest absolute Gasteiger partial charge is 0.301 e. The number of fused-ring (bicyclic) bond motifs is 1. The number of thioether (sulfide) groups is 1. The van der Waals surface area contributed by atoms with Crippen LogP contribution in [-0.4, -0.2) is 22.8 Å². The van der Waals surface area contributed by atoms with E-state index in [1.807, 2.05) is 13.8 Å². The summed E-state index contributed by atoms with van der Waals surface area (Å²) in [6.45, 7) is 7.23. The van der Waals surface area contributed by atoms with Gasteiger partial charge in [-0.1, -0.05) is 30.0 Å². The first-order chi connectivity index (χ1) is 12.6. The van der Waals surface area contributed by atoms with E-state index in [1.54, 1.807) is 19.9 Å². The van der Waals surface area contributed by atoms with Crippen LogP contribution in [0.1, 0.15) is 44.9 Å². The molecule has 2 aliphatic rings. The van der Waals surface area contributed by atoms with Crippen LogP contribution in [-0.2, 0) is 11.0 Å². The van der Waals surface area contributed by atoms with E-state index in [9.17, 15) is 18.0 Å². The molecule has 0 bridgehead atoms. The molecule has 27 heavy (non-hydrogen) atoms. The Kier molecular flexibility index (Phi) is 5.31. The van der Waals surface area contributed by atoms with Crippen molar-refractivity contribution < 1.29 is 18.0 Å². The molecule has 8 heteroatoms.